The van der Waals surface area contributed by atoms with Gasteiger partial charge in [0.1, 0.15) is 0 Å². The summed E-state index contributed by atoms with van der Waals surface area (Å²) in [5, 5.41) is 5.44. The van der Waals surface area contributed by atoms with E-state index in [0.717, 1.165) is 35.4 Å². The Morgan fingerprint density at radius 3 is 2.69 bits per heavy atom. The molecule has 0 aliphatic carbocycles. The number of benzene rings is 1. The Hall–Kier alpha value is -1.82. The van der Waals surface area contributed by atoms with E-state index in [1.54, 1.807) is 34.2 Å². The van der Waals surface area contributed by atoms with Gasteiger partial charge in [-0.15, -0.1) is 11.3 Å². The summed E-state index contributed by atoms with van der Waals surface area (Å²) in [6, 6.07) is 9.38. The van der Waals surface area contributed by atoms with Crippen LogP contribution in [0.3, 0.4) is 0 Å². The van der Waals surface area contributed by atoms with E-state index in [1.165, 1.54) is 4.88 Å². The Morgan fingerprint density at radius 1 is 1.27 bits per heavy atom. The van der Waals surface area contributed by atoms with Crippen molar-refractivity contribution in [1.82, 2.24) is 9.78 Å². The molecule has 0 bridgehead atoms. The SMILES string of the molecule is CCCCc1ccc(-c2c(C)c(C(N)=O)nn2-c2ccc(Cl)cc2Cl)s1. The second-order valence-corrected chi connectivity index (χ2v) is 8.08. The lowest BCUT2D eigenvalue weighted by Crippen LogP contribution is -2.13. The number of primary amides is 1. The van der Waals surface area contributed by atoms with Gasteiger partial charge in [0, 0.05) is 15.5 Å². The molecule has 0 saturated carbocycles. The molecule has 2 aromatic heterocycles. The number of hydrogen-bond donors (Lipinski definition) is 1. The van der Waals surface area contributed by atoms with Crippen LogP contribution in [-0.4, -0.2) is 15.7 Å². The molecule has 0 spiro atoms. The number of thiophene rings is 1. The molecule has 2 N–H and O–H groups in total. The standard InChI is InChI=1S/C19H19Cl2N3OS/c1-3-4-5-13-7-9-16(26-13)18-11(2)17(19(22)25)23-24(18)15-8-6-12(20)10-14(15)21/h6-10H,3-5H2,1-2H3,(H2,22,25). The zero-order valence-corrected chi connectivity index (χ0v) is 16.9. The topological polar surface area (TPSA) is 60.9 Å². The molecule has 0 aliphatic heterocycles. The summed E-state index contributed by atoms with van der Waals surface area (Å²) in [4.78, 5) is 14.2. The molecule has 0 radical (unpaired) electrons. The third-order valence-electron chi connectivity index (χ3n) is 4.17. The number of hydrogen-bond acceptors (Lipinski definition) is 3. The van der Waals surface area contributed by atoms with Gasteiger partial charge in [-0.2, -0.15) is 5.10 Å². The van der Waals surface area contributed by atoms with Gasteiger partial charge in [0.05, 0.1) is 21.3 Å². The van der Waals surface area contributed by atoms with Crippen LogP contribution >= 0.6 is 34.5 Å². The van der Waals surface area contributed by atoms with Gasteiger partial charge in [-0.25, -0.2) is 4.68 Å². The van der Waals surface area contributed by atoms with Crippen molar-refractivity contribution in [3.8, 4) is 16.3 Å². The number of aryl methyl sites for hydroxylation is 1. The number of unbranched alkanes of at least 4 members (excludes halogenated alkanes) is 1. The van der Waals surface area contributed by atoms with E-state index in [9.17, 15) is 4.79 Å². The van der Waals surface area contributed by atoms with Crippen LogP contribution in [0.5, 0.6) is 0 Å². The number of nitrogens with zero attached hydrogens (tertiary/aromatic N) is 2. The van der Waals surface area contributed by atoms with Crippen LogP contribution in [-0.2, 0) is 6.42 Å². The first-order valence-corrected chi connectivity index (χ1v) is 9.93. The van der Waals surface area contributed by atoms with Gasteiger partial charge in [-0.05, 0) is 50.1 Å². The summed E-state index contributed by atoms with van der Waals surface area (Å²) in [5.74, 6) is -0.560. The van der Waals surface area contributed by atoms with Gasteiger partial charge in [0.15, 0.2) is 5.69 Å². The minimum Gasteiger partial charge on any atom is -0.364 e. The quantitative estimate of drug-likeness (QED) is 0.572. The fourth-order valence-corrected chi connectivity index (χ4v) is 4.46. The molecule has 0 atom stereocenters. The smallest absolute Gasteiger partial charge is 0.269 e. The Kier molecular flexibility index (Phi) is 5.70. The average molecular weight is 408 g/mol. The van der Waals surface area contributed by atoms with Crippen molar-refractivity contribution in [3.63, 3.8) is 0 Å². The Bertz CT molecular complexity index is 962. The normalized spacial score (nSPS) is 11.1. The molecule has 2 heterocycles. The van der Waals surface area contributed by atoms with Crippen LogP contribution in [0, 0.1) is 6.92 Å². The second-order valence-electron chi connectivity index (χ2n) is 6.06. The molecule has 136 valence electrons. The summed E-state index contributed by atoms with van der Waals surface area (Å²) >= 11 is 14.1. The Morgan fingerprint density at radius 2 is 2.04 bits per heavy atom. The van der Waals surface area contributed by atoms with Gasteiger partial charge in [0.25, 0.3) is 5.91 Å². The average Bonchev–Trinajstić information content (AvgIpc) is 3.17. The molecule has 0 fully saturated rings. The van der Waals surface area contributed by atoms with E-state index in [1.807, 2.05) is 6.92 Å². The van der Waals surface area contributed by atoms with E-state index in [2.05, 4.69) is 24.2 Å². The van der Waals surface area contributed by atoms with E-state index in [4.69, 9.17) is 28.9 Å². The van der Waals surface area contributed by atoms with Gasteiger partial charge in [0.2, 0.25) is 0 Å². The molecule has 26 heavy (non-hydrogen) atoms. The van der Waals surface area contributed by atoms with E-state index < -0.39 is 5.91 Å². The highest BCUT2D eigenvalue weighted by molar-refractivity contribution is 7.15. The molecule has 0 aliphatic rings. The van der Waals surface area contributed by atoms with Crippen molar-refractivity contribution in [2.24, 2.45) is 5.73 Å². The number of amides is 1. The molecule has 3 aromatic rings. The zero-order chi connectivity index (χ0) is 18.8. The summed E-state index contributed by atoms with van der Waals surface area (Å²) in [6.45, 7) is 4.03. The highest BCUT2D eigenvalue weighted by Gasteiger charge is 2.22. The first kappa shape index (κ1) is 19.0. The van der Waals surface area contributed by atoms with Crippen LogP contribution < -0.4 is 5.73 Å². The third-order valence-corrected chi connectivity index (χ3v) is 5.85. The van der Waals surface area contributed by atoms with Crippen LogP contribution in [0.25, 0.3) is 16.3 Å². The minimum atomic E-state index is -0.560. The summed E-state index contributed by atoms with van der Waals surface area (Å²) < 4.78 is 1.68. The van der Waals surface area contributed by atoms with Crippen LogP contribution in [0.4, 0.5) is 0 Å². The molecule has 1 amide bonds. The molecule has 7 heteroatoms. The fraction of sp³-hybridized carbons (Fsp3) is 0.263. The van der Waals surface area contributed by atoms with Crippen molar-refractivity contribution in [2.45, 2.75) is 33.1 Å². The van der Waals surface area contributed by atoms with Gasteiger partial charge >= 0.3 is 0 Å². The largest absolute Gasteiger partial charge is 0.364 e. The number of carbonyl (C=O) groups excluding carboxylic acids is 1. The first-order valence-electron chi connectivity index (χ1n) is 8.36. The summed E-state index contributed by atoms with van der Waals surface area (Å²) in [7, 11) is 0. The van der Waals surface area contributed by atoms with Crippen molar-refractivity contribution in [1.29, 1.82) is 0 Å². The van der Waals surface area contributed by atoms with E-state index >= 15 is 0 Å². The monoisotopic (exact) mass is 407 g/mol. The lowest BCUT2D eigenvalue weighted by atomic mass is 10.1. The highest BCUT2D eigenvalue weighted by Crippen LogP contribution is 2.36. The van der Waals surface area contributed by atoms with Crippen molar-refractivity contribution in [2.75, 3.05) is 0 Å². The molecule has 0 saturated heterocycles. The number of nitrogens with two attached hydrogens (primary N) is 1. The van der Waals surface area contributed by atoms with Gasteiger partial charge < -0.3 is 5.73 Å². The first-order chi connectivity index (χ1) is 12.4. The lowest BCUT2D eigenvalue weighted by Gasteiger charge is -2.09. The molecule has 3 rings (SSSR count). The molecule has 0 unspecified atom stereocenters. The number of rotatable bonds is 6. The maximum absolute atomic E-state index is 11.8. The predicted octanol–water partition coefficient (Wildman–Crippen LogP) is 5.66. The van der Waals surface area contributed by atoms with Crippen LogP contribution in [0.2, 0.25) is 10.0 Å². The zero-order valence-electron chi connectivity index (χ0n) is 14.6. The van der Waals surface area contributed by atoms with Crippen molar-refractivity contribution in [3.05, 3.63) is 56.5 Å². The number of halogens is 2. The lowest BCUT2D eigenvalue weighted by molar-refractivity contribution is 0.0994. The van der Waals surface area contributed by atoms with E-state index in [-0.39, 0.29) is 5.69 Å². The summed E-state index contributed by atoms with van der Waals surface area (Å²) in [6.07, 6.45) is 3.34. The Labute approximate surface area is 166 Å². The molecule has 1 aromatic carbocycles. The van der Waals surface area contributed by atoms with Gasteiger partial charge in [-0.3, -0.25) is 4.79 Å². The molecule has 4 nitrogen and oxygen atoms in total. The van der Waals surface area contributed by atoms with Crippen LogP contribution in [0.1, 0.15) is 40.7 Å². The molecular weight excluding hydrogens is 389 g/mol. The Balaban J connectivity index is 2.17. The highest BCUT2D eigenvalue weighted by atomic mass is 35.5. The van der Waals surface area contributed by atoms with Crippen molar-refractivity contribution >= 4 is 40.4 Å². The van der Waals surface area contributed by atoms with Gasteiger partial charge in [-0.1, -0.05) is 36.5 Å². The number of carbonyl (C=O) groups is 1. The van der Waals surface area contributed by atoms with E-state index in [0.29, 0.717) is 15.7 Å². The van der Waals surface area contributed by atoms with Crippen LogP contribution in [0.15, 0.2) is 30.3 Å². The number of aromatic nitrogens is 2. The maximum atomic E-state index is 11.8. The fourth-order valence-electron chi connectivity index (χ4n) is 2.84. The van der Waals surface area contributed by atoms with Crippen molar-refractivity contribution < 1.29 is 4.79 Å². The molecular formula is C19H19Cl2N3OS. The second kappa shape index (κ2) is 7.82. The maximum Gasteiger partial charge on any atom is 0.269 e. The third kappa shape index (κ3) is 3.65. The minimum absolute atomic E-state index is 0.245. The summed E-state index contributed by atoms with van der Waals surface area (Å²) in [5.41, 5.74) is 8.00. The predicted molar refractivity (Wildman–Crippen MR) is 109 cm³/mol.